The van der Waals surface area contributed by atoms with Gasteiger partial charge in [0, 0.05) is 4.47 Å². The summed E-state index contributed by atoms with van der Waals surface area (Å²) in [6, 6.07) is 2.89. The molecule has 78 valence electrons. The Bertz CT molecular complexity index is 329. The van der Waals surface area contributed by atoms with E-state index in [4.69, 9.17) is 9.47 Å². The highest BCUT2D eigenvalue weighted by molar-refractivity contribution is 9.10. The Morgan fingerprint density at radius 1 is 1.21 bits per heavy atom. The van der Waals surface area contributed by atoms with Crippen LogP contribution in [0.25, 0.3) is 0 Å². The molecule has 1 aromatic carbocycles. The van der Waals surface area contributed by atoms with Crippen molar-refractivity contribution in [1.29, 1.82) is 0 Å². The second-order valence-corrected chi connectivity index (χ2v) is 3.45. The van der Waals surface area contributed by atoms with Crippen molar-refractivity contribution in [2.45, 2.75) is 6.43 Å². The molecule has 0 aromatic heterocycles. The predicted molar refractivity (Wildman–Crippen MR) is 52.2 cm³/mol. The van der Waals surface area contributed by atoms with E-state index in [0.29, 0.717) is 4.47 Å². The summed E-state index contributed by atoms with van der Waals surface area (Å²) >= 11 is 3.12. The van der Waals surface area contributed by atoms with Crippen LogP contribution in [0.5, 0.6) is 11.5 Å². The van der Waals surface area contributed by atoms with Gasteiger partial charge < -0.3 is 9.47 Å². The standard InChI is InChI=1S/C9H9BrF2O2/c1-13-7-4-5(10)3-6(9(11)12)8(7)14-2/h3-4,9H,1-2H3. The maximum absolute atomic E-state index is 12.6. The largest absolute Gasteiger partial charge is 0.493 e. The Morgan fingerprint density at radius 3 is 2.29 bits per heavy atom. The molecule has 0 fully saturated rings. The molecule has 14 heavy (non-hydrogen) atoms. The van der Waals surface area contributed by atoms with Gasteiger partial charge >= 0.3 is 0 Å². The fourth-order valence-electron chi connectivity index (χ4n) is 1.12. The molecule has 0 aliphatic carbocycles. The van der Waals surface area contributed by atoms with Crippen LogP contribution in [-0.2, 0) is 0 Å². The maximum atomic E-state index is 12.6. The predicted octanol–water partition coefficient (Wildman–Crippen LogP) is 3.40. The van der Waals surface area contributed by atoms with Gasteiger partial charge in [-0.1, -0.05) is 15.9 Å². The molecule has 0 radical (unpaired) electrons. The molecule has 0 bridgehead atoms. The first-order valence-electron chi connectivity index (χ1n) is 3.79. The minimum atomic E-state index is -2.59. The third kappa shape index (κ3) is 2.15. The van der Waals surface area contributed by atoms with E-state index in [0.717, 1.165) is 0 Å². The van der Waals surface area contributed by atoms with E-state index in [2.05, 4.69) is 15.9 Å². The van der Waals surface area contributed by atoms with E-state index in [1.807, 2.05) is 0 Å². The van der Waals surface area contributed by atoms with E-state index >= 15 is 0 Å². The van der Waals surface area contributed by atoms with Crippen molar-refractivity contribution in [2.75, 3.05) is 14.2 Å². The zero-order valence-electron chi connectivity index (χ0n) is 7.68. The molecular formula is C9H9BrF2O2. The Labute approximate surface area is 89.0 Å². The van der Waals surface area contributed by atoms with Crippen molar-refractivity contribution in [3.63, 3.8) is 0 Å². The van der Waals surface area contributed by atoms with Crippen LogP contribution in [0.3, 0.4) is 0 Å². The van der Waals surface area contributed by atoms with Gasteiger partial charge in [0.2, 0.25) is 0 Å². The molecule has 0 heterocycles. The minimum Gasteiger partial charge on any atom is -0.493 e. The number of halogens is 3. The SMILES string of the molecule is COc1cc(Br)cc(C(F)F)c1OC. The van der Waals surface area contributed by atoms with Crippen molar-refractivity contribution in [3.05, 3.63) is 22.2 Å². The van der Waals surface area contributed by atoms with Gasteiger partial charge in [0.1, 0.15) is 0 Å². The molecular weight excluding hydrogens is 258 g/mol. The average Bonchev–Trinajstić information content (AvgIpc) is 2.16. The van der Waals surface area contributed by atoms with Crippen LogP contribution in [0.15, 0.2) is 16.6 Å². The first-order valence-corrected chi connectivity index (χ1v) is 4.59. The number of benzene rings is 1. The summed E-state index contributed by atoms with van der Waals surface area (Å²) in [5.74, 6) is 0.364. The van der Waals surface area contributed by atoms with Crippen molar-refractivity contribution in [1.82, 2.24) is 0 Å². The molecule has 0 saturated carbocycles. The van der Waals surface area contributed by atoms with Crippen molar-refractivity contribution < 1.29 is 18.3 Å². The quantitative estimate of drug-likeness (QED) is 0.835. The normalized spacial score (nSPS) is 10.4. The Kier molecular flexibility index (Phi) is 3.69. The highest BCUT2D eigenvalue weighted by Gasteiger charge is 2.18. The zero-order valence-corrected chi connectivity index (χ0v) is 9.27. The number of hydrogen-bond acceptors (Lipinski definition) is 2. The summed E-state index contributed by atoms with van der Waals surface area (Å²) in [6.07, 6.45) is -2.59. The van der Waals surface area contributed by atoms with E-state index in [9.17, 15) is 8.78 Å². The molecule has 0 aliphatic rings. The second-order valence-electron chi connectivity index (χ2n) is 2.53. The van der Waals surface area contributed by atoms with Crippen LogP contribution in [0.1, 0.15) is 12.0 Å². The van der Waals surface area contributed by atoms with Crippen LogP contribution in [0, 0.1) is 0 Å². The van der Waals surface area contributed by atoms with Gasteiger partial charge in [0.05, 0.1) is 19.8 Å². The molecule has 0 amide bonds. The van der Waals surface area contributed by atoms with Crippen LogP contribution in [-0.4, -0.2) is 14.2 Å². The van der Waals surface area contributed by atoms with Gasteiger partial charge in [-0.3, -0.25) is 0 Å². The summed E-state index contributed by atoms with van der Waals surface area (Å²) in [4.78, 5) is 0. The average molecular weight is 267 g/mol. The number of hydrogen-bond donors (Lipinski definition) is 0. The minimum absolute atomic E-state index is 0.0747. The van der Waals surface area contributed by atoms with E-state index in [-0.39, 0.29) is 17.1 Å². The van der Waals surface area contributed by atoms with Crippen LogP contribution < -0.4 is 9.47 Å². The third-order valence-electron chi connectivity index (χ3n) is 1.71. The van der Waals surface area contributed by atoms with E-state index in [1.54, 1.807) is 6.07 Å². The highest BCUT2D eigenvalue weighted by Crippen LogP contribution is 2.39. The molecule has 0 aliphatic heterocycles. The van der Waals surface area contributed by atoms with Gasteiger partial charge in [0.25, 0.3) is 6.43 Å². The number of methoxy groups -OCH3 is 2. The smallest absolute Gasteiger partial charge is 0.267 e. The molecule has 1 aromatic rings. The molecule has 0 unspecified atom stereocenters. The van der Waals surface area contributed by atoms with Gasteiger partial charge in [-0.2, -0.15) is 0 Å². The summed E-state index contributed by atoms with van der Waals surface area (Å²) in [5.41, 5.74) is -0.182. The fourth-order valence-corrected chi connectivity index (χ4v) is 1.58. The topological polar surface area (TPSA) is 18.5 Å². The zero-order chi connectivity index (χ0) is 10.7. The van der Waals surface area contributed by atoms with Crippen LogP contribution >= 0.6 is 15.9 Å². The van der Waals surface area contributed by atoms with E-state index in [1.165, 1.54) is 20.3 Å². The Balaban J connectivity index is 3.31. The van der Waals surface area contributed by atoms with Crippen molar-refractivity contribution >= 4 is 15.9 Å². The number of alkyl halides is 2. The van der Waals surface area contributed by atoms with Crippen LogP contribution in [0.4, 0.5) is 8.78 Å². The molecule has 0 N–H and O–H groups in total. The van der Waals surface area contributed by atoms with Crippen molar-refractivity contribution in [2.24, 2.45) is 0 Å². The lowest BCUT2D eigenvalue weighted by atomic mass is 10.2. The molecule has 5 heteroatoms. The molecule has 0 atom stereocenters. The first-order chi connectivity index (χ1) is 6.60. The first kappa shape index (κ1) is 11.2. The maximum Gasteiger partial charge on any atom is 0.267 e. The number of rotatable bonds is 3. The highest BCUT2D eigenvalue weighted by atomic mass is 79.9. The summed E-state index contributed by atoms with van der Waals surface area (Å²) in [7, 11) is 2.73. The Morgan fingerprint density at radius 2 is 1.86 bits per heavy atom. The summed E-state index contributed by atoms with van der Waals surface area (Å²) < 4.78 is 35.4. The second kappa shape index (κ2) is 4.59. The van der Waals surface area contributed by atoms with Gasteiger partial charge in [0.15, 0.2) is 11.5 Å². The van der Waals surface area contributed by atoms with E-state index < -0.39 is 6.43 Å². The summed E-state index contributed by atoms with van der Waals surface area (Å²) in [5, 5.41) is 0. The molecule has 0 saturated heterocycles. The molecule has 0 spiro atoms. The fraction of sp³-hybridized carbons (Fsp3) is 0.333. The number of ether oxygens (including phenoxy) is 2. The summed E-state index contributed by atoms with van der Waals surface area (Å²) in [6.45, 7) is 0. The van der Waals surface area contributed by atoms with Crippen molar-refractivity contribution in [3.8, 4) is 11.5 Å². The van der Waals surface area contributed by atoms with Gasteiger partial charge in [-0.05, 0) is 12.1 Å². The molecule has 1 rings (SSSR count). The lowest BCUT2D eigenvalue weighted by Gasteiger charge is -2.12. The van der Waals surface area contributed by atoms with Gasteiger partial charge in [-0.15, -0.1) is 0 Å². The lowest BCUT2D eigenvalue weighted by Crippen LogP contribution is -1.96. The lowest BCUT2D eigenvalue weighted by molar-refractivity contribution is 0.146. The Hall–Kier alpha value is -0.840. The monoisotopic (exact) mass is 266 g/mol. The third-order valence-corrected chi connectivity index (χ3v) is 2.17. The molecule has 2 nitrogen and oxygen atoms in total. The van der Waals surface area contributed by atoms with Gasteiger partial charge in [-0.25, -0.2) is 8.78 Å². The van der Waals surface area contributed by atoms with Crippen LogP contribution in [0.2, 0.25) is 0 Å².